The Labute approximate surface area is 97.7 Å². The SMILES string of the molecule is Oc1cccc(SCCc2ccco2)c1O. The summed E-state index contributed by atoms with van der Waals surface area (Å²) in [4.78, 5) is 0.687. The van der Waals surface area contributed by atoms with E-state index in [-0.39, 0.29) is 11.5 Å². The van der Waals surface area contributed by atoms with Crippen molar-refractivity contribution in [3.8, 4) is 11.5 Å². The van der Waals surface area contributed by atoms with Crippen LogP contribution in [0, 0.1) is 0 Å². The molecule has 0 amide bonds. The fraction of sp³-hybridized carbons (Fsp3) is 0.167. The van der Waals surface area contributed by atoms with Gasteiger partial charge in [0, 0.05) is 12.2 Å². The van der Waals surface area contributed by atoms with Gasteiger partial charge in [0.1, 0.15) is 5.76 Å². The molecule has 0 unspecified atom stereocenters. The quantitative estimate of drug-likeness (QED) is 0.633. The Bertz CT molecular complexity index is 451. The number of para-hydroxylation sites is 1. The Morgan fingerprint density at radius 3 is 2.75 bits per heavy atom. The lowest BCUT2D eigenvalue weighted by atomic mass is 10.3. The highest BCUT2D eigenvalue weighted by molar-refractivity contribution is 7.99. The third-order valence-electron chi connectivity index (χ3n) is 2.16. The molecule has 0 aliphatic rings. The largest absolute Gasteiger partial charge is 0.504 e. The fourth-order valence-electron chi connectivity index (χ4n) is 1.34. The van der Waals surface area contributed by atoms with Crippen molar-refractivity contribution in [3.05, 3.63) is 42.4 Å². The predicted molar refractivity (Wildman–Crippen MR) is 62.9 cm³/mol. The summed E-state index contributed by atoms with van der Waals surface area (Å²) in [6, 6.07) is 8.73. The van der Waals surface area contributed by atoms with Gasteiger partial charge in [0.25, 0.3) is 0 Å². The van der Waals surface area contributed by atoms with Crippen molar-refractivity contribution < 1.29 is 14.6 Å². The van der Waals surface area contributed by atoms with Crippen molar-refractivity contribution in [1.29, 1.82) is 0 Å². The van der Waals surface area contributed by atoms with E-state index in [4.69, 9.17) is 4.42 Å². The smallest absolute Gasteiger partial charge is 0.171 e. The lowest BCUT2D eigenvalue weighted by Crippen LogP contribution is -1.85. The van der Waals surface area contributed by atoms with Crippen LogP contribution in [0.2, 0.25) is 0 Å². The van der Waals surface area contributed by atoms with Gasteiger partial charge in [-0.3, -0.25) is 0 Å². The Kier molecular flexibility index (Phi) is 3.41. The van der Waals surface area contributed by atoms with E-state index in [1.807, 2.05) is 12.1 Å². The molecule has 0 fully saturated rings. The first-order valence-electron chi connectivity index (χ1n) is 4.93. The van der Waals surface area contributed by atoms with Gasteiger partial charge in [-0.25, -0.2) is 0 Å². The lowest BCUT2D eigenvalue weighted by Gasteiger charge is -2.04. The van der Waals surface area contributed by atoms with Crippen LogP contribution >= 0.6 is 11.8 Å². The molecule has 4 heteroatoms. The van der Waals surface area contributed by atoms with Gasteiger partial charge in [0.2, 0.25) is 0 Å². The summed E-state index contributed by atoms with van der Waals surface area (Å²) in [6.45, 7) is 0. The van der Waals surface area contributed by atoms with Gasteiger partial charge in [0.15, 0.2) is 11.5 Å². The van der Waals surface area contributed by atoms with E-state index in [1.165, 1.54) is 17.8 Å². The van der Waals surface area contributed by atoms with E-state index >= 15 is 0 Å². The summed E-state index contributed by atoms with van der Waals surface area (Å²) >= 11 is 1.49. The van der Waals surface area contributed by atoms with Gasteiger partial charge in [-0.1, -0.05) is 6.07 Å². The van der Waals surface area contributed by atoms with Crippen LogP contribution in [-0.2, 0) is 6.42 Å². The van der Waals surface area contributed by atoms with Gasteiger partial charge in [-0.15, -0.1) is 11.8 Å². The first kappa shape index (κ1) is 11.0. The third kappa shape index (κ3) is 2.52. The van der Waals surface area contributed by atoms with Crippen molar-refractivity contribution in [2.75, 3.05) is 5.75 Å². The summed E-state index contributed by atoms with van der Waals surface area (Å²) in [5, 5.41) is 18.9. The zero-order chi connectivity index (χ0) is 11.4. The number of phenolic OH excluding ortho intramolecular Hbond substituents is 2. The normalized spacial score (nSPS) is 10.5. The molecule has 3 nitrogen and oxygen atoms in total. The minimum Gasteiger partial charge on any atom is -0.504 e. The summed E-state index contributed by atoms with van der Waals surface area (Å²) < 4.78 is 5.20. The monoisotopic (exact) mass is 236 g/mol. The van der Waals surface area contributed by atoms with Crippen molar-refractivity contribution in [2.24, 2.45) is 0 Å². The molecule has 0 saturated carbocycles. The number of hydrogen-bond acceptors (Lipinski definition) is 4. The Balaban J connectivity index is 1.92. The number of phenols is 2. The number of aromatic hydroxyl groups is 2. The first-order valence-corrected chi connectivity index (χ1v) is 5.92. The van der Waals surface area contributed by atoms with Crippen LogP contribution < -0.4 is 0 Å². The molecule has 0 aliphatic carbocycles. The molecule has 84 valence electrons. The Morgan fingerprint density at radius 2 is 2.00 bits per heavy atom. The predicted octanol–water partition coefficient (Wildman–Crippen LogP) is 3.03. The van der Waals surface area contributed by atoms with Gasteiger partial charge >= 0.3 is 0 Å². The highest BCUT2D eigenvalue weighted by Gasteiger charge is 2.06. The average Bonchev–Trinajstić information content (AvgIpc) is 2.77. The highest BCUT2D eigenvalue weighted by Crippen LogP contribution is 2.35. The zero-order valence-corrected chi connectivity index (χ0v) is 9.41. The standard InChI is InChI=1S/C12H12O3S/c13-10-4-1-5-11(12(10)14)16-8-6-9-3-2-7-15-9/h1-5,7,13-14H,6,8H2. The Hall–Kier alpha value is -1.55. The van der Waals surface area contributed by atoms with E-state index in [1.54, 1.807) is 18.4 Å². The maximum atomic E-state index is 9.56. The number of furan rings is 1. The number of hydrogen-bond donors (Lipinski definition) is 2. The summed E-state index contributed by atoms with van der Waals surface area (Å²) in [5.74, 6) is 1.59. The molecule has 0 spiro atoms. The molecular weight excluding hydrogens is 224 g/mol. The zero-order valence-electron chi connectivity index (χ0n) is 8.59. The van der Waals surface area contributed by atoms with Gasteiger partial charge in [-0.2, -0.15) is 0 Å². The summed E-state index contributed by atoms with van der Waals surface area (Å²) in [6.07, 6.45) is 2.44. The molecule has 1 heterocycles. The second-order valence-corrected chi connectivity index (χ2v) is 4.44. The maximum Gasteiger partial charge on any atom is 0.171 e. The number of rotatable bonds is 4. The van der Waals surface area contributed by atoms with E-state index < -0.39 is 0 Å². The van der Waals surface area contributed by atoms with Crippen LogP contribution in [0.4, 0.5) is 0 Å². The molecule has 2 N–H and O–H groups in total. The van der Waals surface area contributed by atoms with Crippen LogP contribution in [0.25, 0.3) is 0 Å². The van der Waals surface area contributed by atoms with Crippen molar-refractivity contribution in [3.63, 3.8) is 0 Å². The molecule has 1 aromatic carbocycles. The van der Waals surface area contributed by atoms with Crippen molar-refractivity contribution >= 4 is 11.8 Å². The van der Waals surface area contributed by atoms with Crippen LogP contribution in [0.15, 0.2) is 45.9 Å². The minimum absolute atomic E-state index is 0.0491. The van der Waals surface area contributed by atoms with Crippen LogP contribution in [0.1, 0.15) is 5.76 Å². The van der Waals surface area contributed by atoms with Gasteiger partial charge < -0.3 is 14.6 Å². The number of benzene rings is 1. The highest BCUT2D eigenvalue weighted by atomic mass is 32.2. The van der Waals surface area contributed by atoms with Crippen LogP contribution in [0.5, 0.6) is 11.5 Å². The Morgan fingerprint density at radius 1 is 1.12 bits per heavy atom. The molecule has 2 aromatic rings. The molecule has 1 aromatic heterocycles. The summed E-state index contributed by atoms with van der Waals surface area (Å²) in [5.41, 5.74) is 0. The fourth-order valence-corrected chi connectivity index (χ4v) is 2.28. The van der Waals surface area contributed by atoms with Gasteiger partial charge in [0.05, 0.1) is 11.2 Å². The number of aryl methyl sites for hydroxylation is 1. The third-order valence-corrected chi connectivity index (χ3v) is 3.21. The van der Waals surface area contributed by atoms with E-state index in [0.717, 1.165) is 17.9 Å². The van der Waals surface area contributed by atoms with Crippen molar-refractivity contribution in [2.45, 2.75) is 11.3 Å². The van der Waals surface area contributed by atoms with Crippen LogP contribution in [-0.4, -0.2) is 16.0 Å². The average molecular weight is 236 g/mol. The molecule has 0 saturated heterocycles. The molecule has 0 aliphatic heterocycles. The second kappa shape index (κ2) is 4.99. The van der Waals surface area contributed by atoms with Crippen molar-refractivity contribution in [1.82, 2.24) is 0 Å². The molecule has 0 atom stereocenters. The van der Waals surface area contributed by atoms with E-state index in [0.29, 0.717) is 4.90 Å². The second-order valence-electron chi connectivity index (χ2n) is 3.30. The number of thioether (sulfide) groups is 1. The topological polar surface area (TPSA) is 53.6 Å². The molecule has 0 bridgehead atoms. The van der Waals surface area contributed by atoms with E-state index in [9.17, 15) is 10.2 Å². The van der Waals surface area contributed by atoms with E-state index in [2.05, 4.69) is 0 Å². The first-order chi connectivity index (χ1) is 7.77. The summed E-state index contributed by atoms with van der Waals surface area (Å²) in [7, 11) is 0. The maximum absolute atomic E-state index is 9.56. The van der Waals surface area contributed by atoms with Gasteiger partial charge in [-0.05, 0) is 24.3 Å². The molecule has 16 heavy (non-hydrogen) atoms. The minimum atomic E-state index is -0.0806. The van der Waals surface area contributed by atoms with Crippen LogP contribution in [0.3, 0.4) is 0 Å². The lowest BCUT2D eigenvalue weighted by molar-refractivity contribution is 0.395. The molecule has 0 radical (unpaired) electrons. The molecular formula is C12H12O3S. The molecule has 2 rings (SSSR count).